The van der Waals surface area contributed by atoms with E-state index in [2.05, 4.69) is 19.7 Å². The zero-order valence-corrected chi connectivity index (χ0v) is 14.2. The first-order chi connectivity index (χ1) is 12.0. The van der Waals surface area contributed by atoms with E-state index >= 15 is 0 Å². The molecule has 2 aromatic rings. The lowest BCUT2D eigenvalue weighted by Crippen LogP contribution is -2.33. The van der Waals surface area contributed by atoms with Gasteiger partial charge in [-0.25, -0.2) is 0 Å². The molecule has 4 nitrogen and oxygen atoms in total. The number of carboxylic acids is 1. The summed E-state index contributed by atoms with van der Waals surface area (Å²) >= 11 is 0. The lowest BCUT2D eigenvalue weighted by atomic mass is 10.1. The largest absolute Gasteiger partial charge is 0.480 e. The van der Waals surface area contributed by atoms with Crippen LogP contribution in [0.25, 0.3) is 18.2 Å². The van der Waals surface area contributed by atoms with Gasteiger partial charge in [0.1, 0.15) is 6.04 Å². The number of hydrogen-bond acceptors (Lipinski definition) is 3. The summed E-state index contributed by atoms with van der Waals surface area (Å²) in [6, 6.07) is 16.9. The van der Waals surface area contributed by atoms with Crippen LogP contribution < -0.4 is 5.73 Å². The van der Waals surface area contributed by atoms with Gasteiger partial charge in [0.15, 0.2) is 0 Å². The van der Waals surface area contributed by atoms with E-state index in [1.807, 2.05) is 72.8 Å². The van der Waals surface area contributed by atoms with Gasteiger partial charge in [-0.3, -0.25) is 4.79 Å². The van der Waals surface area contributed by atoms with Crippen LogP contribution in [-0.2, 0) is 4.79 Å². The first kappa shape index (κ1) is 22.1. The molecular formula is C21H25NO3. The van der Waals surface area contributed by atoms with E-state index in [1.165, 1.54) is 5.56 Å². The van der Waals surface area contributed by atoms with Gasteiger partial charge >= 0.3 is 5.97 Å². The summed E-state index contributed by atoms with van der Waals surface area (Å²) in [5.41, 5.74) is 8.21. The molecular weight excluding hydrogens is 314 g/mol. The van der Waals surface area contributed by atoms with Gasteiger partial charge in [-0.1, -0.05) is 92.6 Å². The molecule has 0 amide bonds. The molecule has 0 spiro atoms. The fraction of sp³-hybridized carbons (Fsp3) is 0.0952. The highest BCUT2D eigenvalue weighted by atomic mass is 16.4. The second-order valence-corrected chi connectivity index (χ2v) is 4.78. The molecule has 0 radical (unpaired) electrons. The van der Waals surface area contributed by atoms with Crippen LogP contribution >= 0.6 is 0 Å². The smallest absolute Gasteiger partial charge is 0.322 e. The zero-order chi connectivity index (χ0) is 19.1. The molecule has 0 fully saturated rings. The van der Waals surface area contributed by atoms with Gasteiger partial charge in [0, 0.05) is 0 Å². The highest BCUT2D eigenvalue weighted by molar-refractivity contribution is 5.73. The van der Waals surface area contributed by atoms with E-state index in [0.717, 1.165) is 11.1 Å². The Kier molecular flexibility index (Phi) is 11.9. The Bertz CT molecular complexity index is 639. The summed E-state index contributed by atoms with van der Waals surface area (Å²) in [6.45, 7) is 10.5. The lowest BCUT2D eigenvalue weighted by Gasteiger charge is -1.96. The molecule has 0 unspecified atom stereocenters. The summed E-state index contributed by atoms with van der Waals surface area (Å²) in [7, 11) is 0. The summed E-state index contributed by atoms with van der Waals surface area (Å²) in [6.07, 6.45) is 5.49. The molecule has 0 aliphatic rings. The zero-order valence-electron chi connectivity index (χ0n) is 14.2. The number of benzene rings is 2. The van der Waals surface area contributed by atoms with Gasteiger partial charge in [0.2, 0.25) is 0 Å². The molecule has 2 aromatic carbocycles. The third-order valence-electron chi connectivity index (χ3n) is 2.99. The molecule has 1 atom stereocenters. The number of nitrogens with two attached hydrogens (primary N) is 1. The fourth-order valence-corrected chi connectivity index (χ4v) is 1.55. The van der Waals surface area contributed by atoms with Crippen molar-refractivity contribution >= 4 is 24.2 Å². The minimum Gasteiger partial charge on any atom is -0.480 e. The number of aliphatic carboxylic acids is 1. The van der Waals surface area contributed by atoms with Crippen LogP contribution in [0.4, 0.5) is 0 Å². The molecule has 0 bridgehead atoms. The lowest BCUT2D eigenvalue weighted by molar-refractivity contribution is -0.139. The maximum Gasteiger partial charge on any atom is 0.322 e. The molecule has 2 rings (SSSR count). The van der Waals surface area contributed by atoms with Gasteiger partial charge < -0.3 is 15.9 Å². The predicted molar refractivity (Wildman–Crippen MR) is 106 cm³/mol. The van der Waals surface area contributed by atoms with Crippen molar-refractivity contribution in [1.82, 2.24) is 0 Å². The van der Waals surface area contributed by atoms with Gasteiger partial charge in [0.25, 0.3) is 0 Å². The van der Waals surface area contributed by atoms with Crippen molar-refractivity contribution < 1.29 is 15.0 Å². The number of aliphatic hydroxyl groups excluding tert-OH is 1. The Morgan fingerprint density at radius 1 is 0.920 bits per heavy atom. The quantitative estimate of drug-likeness (QED) is 0.776. The highest BCUT2D eigenvalue weighted by Gasteiger charge is 2.07. The van der Waals surface area contributed by atoms with Crippen LogP contribution in [0.15, 0.2) is 74.3 Å². The second kappa shape index (κ2) is 13.5. The first-order valence-corrected chi connectivity index (χ1v) is 7.60. The number of carbonyl (C=O) groups is 1. The molecule has 4 heteroatoms. The predicted octanol–water partition coefficient (Wildman–Crippen LogP) is 3.69. The Morgan fingerprint density at radius 3 is 1.60 bits per heavy atom. The van der Waals surface area contributed by atoms with Crippen LogP contribution in [0.3, 0.4) is 0 Å². The Hall–Kier alpha value is -2.95. The molecule has 0 aromatic heterocycles. The van der Waals surface area contributed by atoms with Crippen LogP contribution in [0.5, 0.6) is 0 Å². The van der Waals surface area contributed by atoms with E-state index in [4.69, 9.17) is 15.9 Å². The molecule has 0 saturated heterocycles. The monoisotopic (exact) mass is 339 g/mol. The van der Waals surface area contributed by atoms with Gasteiger partial charge in [-0.05, 0) is 16.7 Å². The first-order valence-electron chi connectivity index (χ1n) is 7.60. The molecule has 0 heterocycles. The molecule has 25 heavy (non-hydrogen) atoms. The van der Waals surface area contributed by atoms with E-state index in [-0.39, 0.29) is 0 Å². The van der Waals surface area contributed by atoms with Crippen molar-refractivity contribution in [2.45, 2.75) is 6.04 Å². The van der Waals surface area contributed by atoms with E-state index in [9.17, 15) is 4.79 Å². The normalized spacial score (nSPS) is 10.0. The average molecular weight is 339 g/mol. The standard InChI is InChI=1S/C10H10.C8H8.C3H7NO3/c1-3-9-7-5-6-8-10(9)4-2;1-2-8-6-4-3-5-7-8;4-2(1-5)3(6)7/h3-8H,1-2H2;2-7H,1H2;2,5H,1,4H2,(H,6,7)/t;;2-/m..0/s1. The molecule has 0 aliphatic carbocycles. The maximum atomic E-state index is 9.65. The van der Waals surface area contributed by atoms with Crippen LogP contribution in [-0.4, -0.2) is 28.8 Å². The second-order valence-electron chi connectivity index (χ2n) is 4.78. The van der Waals surface area contributed by atoms with E-state index in [1.54, 1.807) is 0 Å². The summed E-state index contributed by atoms with van der Waals surface area (Å²) in [5, 5.41) is 15.9. The molecule has 0 saturated carbocycles. The number of rotatable bonds is 5. The van der Waals surface area contributed by atoms with Crippen molar-refractivity contribution in [3.05, 3.63) is 91.0 Å². The minimum absolute atomic E-state index is 0.505. The molecule has 0 aliphatic heterocycles. The topological polar surface area (TPSA) is 83.5 Å². The number of aliphatic hydroxyl groups is 1. The Morgan fingerprint density at radius 2 is 1.36 bits per heavy atom. The van der Waals surface area contributed by atoms with Gasteiger partial charge in [-0.15, -0.1) is 0 Å². The highest BCUT2D eigenvalue weighted by Crippen LogP contribution is 2.10. The minimum atomic E-state index is -1.18. The Balaban J connectivity index is 0.000000353. The SMILES string of the molecule is C=Cc1ccccc1.C=Cc1ccccc1C=C.N[C@@H](CO)C(=O)O. The van der Waals surface area contributed by atoms with Crippen molar-refractivity contribution in [2.24, 2.45) is 5.73 Å². The van der Waals surface area contributed by atoms with E-state index < -0.39 is 18.6 Å². The number of carboxylic acid groups (broad SMARTS) is 1. The van der Waals surface area contributed by atoms with Crippen molar-refractivity contribution in [1.29, 1.82) is 0 Å². The fourth-order valence-electron chi connectivity index (χ4n) is 1.55. The molecule has 132 valence electrons. The van der Waals surface area contributed by atoms with E-state index in [0.29, 0.717) is 0 Å². The van der Waals surface area contributed by atoms with Crippen LogP contribution in [0, 0.1) is 0 Å². The third kappa shape index (κ3) is 9.71. The maximum absolute atomic E-state index is 9.65. The molecule has 4 N–H and O–H groups in total. The van der Waals surface area contributed by atoms with Crippen molar-refractivity contribution in [3.63, 3.8) is 0 Å². The summed E-state index contributed by atoms with van der Waals surface area (Å²) in [5.74, 6) is -1.18. The Labute approximate surface area is 149 Å². The van der Waals surface area contributed by atoms with Crippen LogP contribution in [0.2, 0.25) is 0 Å². The van der Waals surface area contributed by atoms with Crippen LogP contribution in [0.1, 0.15) is 16.7 Å². The summed E-state index contributed by atoms with van der Waals surface area (Å²) < 4.78 is 0. The summed E-state index contributed by atoms with van der Waals surface area (Å²) in [4.78, 5) is 9.65. The average Bonchev–Trinajstić information content (AvgIpc) is 2.68. The van der Waals surface area contributed by atoms with Crippen molar-refractivity contribution in [3.8, 4) is 0 Å². The van der Waals surface area contributed by atoms with Crippen molar-refractivity contribution in [2.75, 3.05) is 6.61 Å². The third-order valence-corrected chi connectivity index (χ3v) is 2.99. The van der Waals surface area contributed by atoms with Gasteiger partial charge in [0.05, 0.1) is 6.61 Å². The van der Waals surface area contributed by atoms with Gasteiger partial charge in [-0.2, -0.15) is 0 Å². The number of hydrogen-bond donors (Lipinski definition) is 3.